The monoisotopic (exact) mass is 317 g/mol. The van der Waals surface area contributed by atoms with E-state index >= 15 is 0 Å². The van der Waals surface area contributed by atoms with Crippen LogP contribution in [0.5, 0.6) is 11.5 Å². The highest BCUT2D eigenvalue weighted by Crippen LogP contribution is 2.23. The molecule has 0 fully saturated rings. The van der Waals surface area contributed by atoms with Crippen LogP contribution in [0.2, 0.25) is 0 Å². The Kier molecular flexibility index (Phi) is 5.51. The molecule has 0 aliphatic rings. The van der Waals surface area contributed by atoms with Gasteiger partial charge in [0.1, 0.15) is 17.3 Å². The molecule has 2 aromatic rings. The van der Waals surface area contributed by atoms with E-state index in [1.807, 2.05) is 0 Å². The van der Waals surface area contributed by atoms with Crippen molar-refractivity contribution in [1.29, 1.82) is 0 Å². The number of ether oxygens (including phenoxy) is 1. The minimum absolute atomic E-state index is 0.108. The third-order valence-electron chi connectivity index (χ3n) is 2.83. The van der Waals surface area contributed by atoms with Crippen molar-refractivity contribution in [3.05, 3.63) is 54.3 Å². The van der Waals surface area contributed by atoms with Crippen molar-refractivity contribution >= 4 is 17.6 Å². The van der Waals surface area contributed by atoms with Gasteiger partial charge in [0.15, 0.2) is 0 Å². The van der Waals surface area contributed by atoms with Gasteiger partial charge in [-0.3, -0.25) is 4.79 Å². The van der Waals surface area contributed by atoms with E-state index in [0.717, 1.165) is 0 Å². The Hall–Kier alpha value is -3.09. The van der Waals surface area contributed by atoms with E-state index in [1.54, 1.807) is 36.4 Å². The van der Waals surface area contributed by atoms with Crippen LogP contribution in [-0.4, -0.2) is 25.5 Å². The summed E-state index contributed by atoms with van der Waals surface area (Å²) in [7, 11) is 1.49. The smallest absolute Gasteiger partial charge is 0.319 e. The van der Waals surface area contributed by atoms with Crippen molar-refractivity contribution in [2.75, 3.05) is 18.9 Å². The second kappa shape index (κ2) is 7.79. The fraction of sp³-hybridized carbons (Fsp3) is 0.125. The van der Waals surface area contributed by atoms with Crippen LogP contribution >= 0.6 is 0 Å². The molecule has 7 heteroatoms. The maximum atomic E-state index is 13.1. The van der Waals surface area contributed by atoms with Gasteiger partial charge in [-0.15, -0.1) is 0 Å². The molecule has 0 saturated heterocycles. The number of urea groups is 1. The van der Waals surface area contributed by atoms with Crippen LogP contribution in [0, 0.1) is 5.82 Å². The Bertz CT molecular complexity index is 689. The lowest BCUT2D eigenvalue weighted by atomic mass is 10.3. The first-order valence-corrected chi connectivity index (χ1v) is 6.86. The van der Waals surface area contributed by atoms with Crippen LogP contribution < -0.4 is 20.7 Å². The van der Waals surface area contributed by atoms with Crippen LogP contribution in [-0.2, 0) is 4.79 Å². The molecule has 6 nitrogen and oxygen atoms in total. The predicted octanol–water partition coefficient (Wildman–Crippen LogP) is 2.49. The topological polar surface area (TPSA) is 79.5 Å². The molecule has 3 amide bonds. The fourth-order valence-electron chi connectivity index (χ4n) is 1.70. The lowest BCUT2D eigenvalue weighted by Gasteiger charge is -2.09. The van der Waals surface area contributed by atoms with Crippen molar-refractivity contribution < 1.29 is 18.7 Å². The van der Waals surface area contributed by atoms with Crippen molar-refractivity contribution in [2.45, 2.75) is 0 Å². The molecule has 2 rings (SSSR count). The predicted molar refractivity (Wildman–Crippen MR) is 84.0 cm³/mol. The molecule has 0 unspecified atom stereocenters. The summed E-state index contributed by atoms with van der Waals surface area (Å²) < 4.78 is 18.6. The van der Waals surface area contributed by atoms with Crippen LogP contribution in [0.3, 0.4) is 0 Å². The van der Waals surface area contributed by atoms with Gasteiger partial charge < -0.3 is 20.7 Å². The zero-order valence-electron chi connectivity index (χ0n) is 12.4. The summed E-state index contributed by atoms with van der Waals surface area (Å²) in [6, 6.07) is 11.8. The largest absolute Gasteiger partial charge is 0.457 e. The van der Waals surface area contributed by atoms with Crippen molar-refractivity contribution in [1.82, 2.24) is 10.6 Å². The molecule has 3 N–H and O–H groups in total. The lowest BCUT2D eigenvalue weighted by Crippen LogP contribution is -2.37. The van der Waals surface area contributed by atoms with E-state index in [4.69, 9.17) is 4.74 Å². The number of carbonyl (C=O) groups is 2. The molecular weight excluding hydrogens is 301 g/mol. The zero-order chi connectivity index (χ0) is 16.7. The van der Waals surface area contributed by atoms with E-state index in [2.05, 4.69) is 16.0 Å². The van der Waals surface area contributed by atoms with Gasteiger partial charge in [0, 0.05) is 18.8 Å². The number of carbonyl (C=O) groups excluding carboxylic acids is 2. The summed E-state index contributed by atoms with van der Waals surface area (Å²) in [6.07, 6.45) is 0. The number of amides is 3. The minimum Gasteiger partial charge on any atom is -0.457 e. The second-order valence-electron chi connectivity index (χ2n) is 4.56. The third kappa shape index (κ3) is 5.31. The Balaban J connectivity index is 1.89. The number of rotatable bonds is 5. The standard InChI is InChI=1S/C16H16FN3O3/c1-18-15(21)10-19-16(22)20-12-5-7-13(8-6-12)23-14-4-2-3-11(17)9-14/h2-9H,10H2,1H3,(H,18,21)(H2,19,20,22). The Morgan fingerprint density at radius 1 is 1.09 bits per heavy atom. The van der Waals surface area contributed by atoms with Gasteiger partial charge >= 0.3 is 6.03 Å². The van der Waals surface area contributed by atoms with Crippen molar-refractivity contribution in [3.8, 4) is 11.5 Å². The quantitative estimate of drug-likeness (QED) is 0.792. The summed E-state index contributed by atoms with van der Waals surface area (Å²) in [5.41, 5.74) is 0.533. The average molecular weight is 317 g/mol. The van der Waals surface area contributed by atoms with Gasteiger partial charge in [-0.25, -0.2) is 9.18 Å². The summed E-state index contributed by atoms with van der Waals surface area (Å²) in [6.45, 7) is -0.108. The normalized spacial score (nSPS) is 9.83. The van der Waals surface area contributed by atoms with Gasteiger partial charge in [0.25, 0.3) is 0 Å². The van der Waals surface area contributed by atoms with Crippen molar-refractivity contribution in [3.63, 3.8) is 0 Å². The summed E-state index contributed by atoms with van der Waals surface area (Å²) >= 11 is 0. The number of likely N-dealkylation sites (N-methyl/N-ethyl adjacent to an activating group) is 1. The molecule has 0 aliphatic carbocycles. The van der Waals surface area contributed by atoms with Gasteiger partial charge in [-0.2, -0.15) is 0 Å². The first-order chi connectivity index (χ1) is 11.1. The summed E-state index contributed by atoms with van der Waals surface area (Å²) in [5.74, 6) is 0.216. The van der Waals surface area contributed by atoms with Gasteiger partial charge in [0.2, 0.25) is 5.91 Å². The zero-order valence-corrected chi connectivity index (χ0v) is 12.4. The van der Waals surface area contributed by atoms with E-state index in [9.17, 15) is 14.0 Å². The molecule has 0 aromatic heterocycles. The Labute approximate surface area is 132 Å². The number of anilines is 1. The molecule has 2 aromatic carbocycles. The molecule has 0 spiro atoms. The second-order valence-corrected chi connectivity index (χ2v) is 4.56. The molecule has 0 aliphatic heterocycles. The molecule has 0 saturated carbocycles. The molecular formula is C16H16FN3O3. The highest BCUT2D eigenvalue weighted by atomic mass is 19.1. The maximum absolute atomic E-state index is 13.1. The van der Waals surface area contributed by atoms with Crippen LogP contribution in [0.25, 0.3) is 0 Å². The minimum atomic E-state index is -0.493. The van der Waals surface area contributed by atoms with Crippen LogP contribution in [0.15, 0.2) is 48.5 Å². The maximum Gasteiger partial charge on any atom is 0.319 e. The fourth-order valence-corrected chi connectivity index (χ4v) is 1.70. The van der Waals surface area contributed by atoms with Gasteiger partial charge in [-0.1, -0.05) is 6.07 Å². The Morgan fingerprint density at radius 2 is 1.83 bits per heavy atom. The number of hydrogen-bond donors (Lipinski definition) is 3. The molecule has 120 valence electrons. The first-order valence-electron chi connectivity index (χ1n) is 6.86. The molecule has 0 heterocycles. The number of nitrogens with one attached hydrogen (secondary N) is 3. The highest BCUT2D eigenvalue weighted by molar-refractivity contribution is 5.92. The summed E-state index contributed by atoms with van der Waals surface area (Å²) in [5, 5.41) is 7.38. The van der Waals surface area contributed by atoms with Crippen LogP contribution in [0.4, 0.5) is 14.9 Å². The number of hydrogen-bond acceptors (Lipinski definition) is 3. The molecule has 0 atom stereocenters. The van der Waals surface area contributed by atoms with E-state index in [0.29, 0.717) is 17.2 Å². The molecule has 0 bridgehead atoms. The van der Waals surface area contributed by atoms with E-state index in [1.165, 1.54) is 19.2 Å². The third-order valence-corrected chi connectivity index (χ3v) is 2.83. The van der Waals surface area contributed by atoms with Gasteiger partial charge in [0.05, 0.1) is 6.54 Å². The van der Waals surface area contributed by atoms with Crippen LogP contribution in [0.1, 0.15) is 0 Å². The van der Waals surface area contributed by atoms with E-state index < -0.39 is 6.03 Å². The van der Waals surface area contributed by atoms with E-state index in [-0.39, 0.29) is 18.3 Å². The summed E-state index contributed by atoms with van der Waals surface area (Å²) in [4.78, 5) is 22.6. The lowest BCUT2D eigenvalue weighted by molar-refractivity contribution is -0.119. The SMILES string of the molecule is CNC(=O)CNC(=O)Nc1ccc(Oc2cccc(F)c2)cc1. The molecule has 0 radical (unpaired) electrons. The van der Waals surface area contributed by atoms with Gasteiger partial charge in [-0.05, 0) is 36.4 Å². The number of halogens is 1. The first kappa shape index (κ1) is 16.3. The average Bonchev–Trinajstić information content (AvgIpc) is 2.54. The molecule has 23 heavy (non-hydrogen) atoms. The Morgan fingerprint density at radius 3 is 2.48 bits per heavy atom. The number of benzene rings is 2. The van der Waals surface area contributed by atoms with Crippen molar-refractivity contribution in [2.24, 2.45) is 0 Å². The highest BCUT2D eigenvalue weighted by Gasteiger charge is 2.05.